The Morgan fingerprint density at radius 3 is 2.50 bits per heavy atom. The second kappa shape index (κ2) is 2.29. The lowest BCUT2D eigenvalue weighted by molar-refractivity contribution is -0.124. The highest BCUT2D eigenvalue weighted by molar-refractivity contribution is 5.97. The highest BCUT2D eigenvalue weighted by atomic mass is 16.2. The average Bonchev–Trinajstić information content (AvgIpc) is 2.09. The first-order valence-electron chi connectivity index (χ1n) is 3.36. The summed E-state index contributed by atoms with van der Waals surface area (Å²) < 4.78 is 0. The van der Waals surface area contributed by atoms with E-state index in [9.17, 15) is 4.79 Å². The molecule has 0 aliphatic carbocycles. The van der Waals surface area contributed by atoms with Crippen molar-refractivity contribution in [2.24, 2.45) is 0 Å². The van der Waals surface area contributed by atoms with Gasteiger partial charge in [0.05, 0.1) is 0 Å². The minimum Gasteiger partial charge on any atom is -0.310 e. The molecule has 0 fully saturated rings. The number of nitrogens with zero attached hydrogens (tertiary/aromatic N) is 1. The van der Waals surface area contributed by atoms with E-state index in [0.29, 0.717) is 6.54 Å². The first kappa shape index (κ1) is 7.06. The van der Waals surface area contributed by atoms with Crippen molar-refractivity contribution in [1.82, 2.24) is 4.90 Å². The molecule has 0 spiro atoms. The van der Waals surface area contributed by atoms with Gasteiger partial charge in [0.15, 0.2) is 0 Å². The summed E-state index contributed by atoms with van der Waals surface area (Å²) in [6, 6.07) is 0. The number of carbonyl (C=O) groups excluding carboxylic acids is 1. The van der Waals surface area contributed by atoms with Crippen LogP contribution in [0.15, 0.2) is 23.9 Å². The van der Waals surface area contributed by atoms with Gasteiger partial charge in [0, 0.05) is 17.8 Å². The maximum Gasteiger partial charge on any atom is 0.253 e. The minimum atomic E-state index is 0.0903. The zero-order chi connectivity index (χ0) is 7.72. The smallest absolute Gasteiger partial charge is 0.253 e. The average molecular weight is 137 g/mol. The van der Waals surface area contributed by atoms with Crippen LogP contribution < -0.4 is 0 Å². The molecule has 1 aliphatic heterocycles. The van der Waals surface area contributed by atoms with Crippen molar-refractivity contribution in [3.8, 4) is 0 Å². The Bertz CT molecular complexity index is 215. The van der Waals surface area contributed by atoms with Gasteiger partial charge in [0.1, 0.15) is 0 Å². The molecule has 2 nitrogen and oxygen atoms in total. The van der Waals surface area contributed by atoms with E-state index in [-0.39, 0.29) is 5.91 Å². The van der Waals surface area contributed by atoms with Gasteiger partial charge < -0.3 is 4.90 Å². The van der Waals surface area contributed by atoms with E-state index in [1.165, 1.54) is 0 Å². The molecule has 0 N–H and O–H groups in total. The third-order valence-electron chi connectivity index (χ3n) is 1.63. The predicted octanol–water partition coefficient (Wildman–Crippen LogP) is 1.31. The minimum absolute atomic E-state index is 0.0903. The van der Waals surface area contributed by atoms with Crippen LogP contribution in [-0.4, -0.2) is 17.4 Å². The predicted molar refractivity (Wildman–Crippen MR) is 40.3 cm³/mol. The number of rotatable bonds is 1. The van der Waals surface area contributed by atoms with E-state index >= 15 is 0 Å². The maximum absolute atomic E-state index is 11.1. The molecule has 0 unspecified atom stereocenters. The van der Waals surface area contributed by atoms with Gasteiger partial charge in [-0.15, -0.1) is 0 Å². The second-order valence-corrected chi connectivity index (χ2v) is 2.37. The van der Waals surface area contributed by atoms with Crippen LogP contribution in [0.1, 0.15) is 13.8 Å². The molecular formula is C8H11NO. The molecule has 0 aromatic rings. The van der Waals surface area contributed by atoms with Crippen LogP contribution >= 0.6 is 0 Å². The van der Waals surface area contributed by atoms with Gasteiger partial charge in [-0.25, -0.2) is 0 Å². The number of amides is 1. The van der Waals surface area contributed by atoms with Gasteiger partial charge >= 0.3 is 0 Å². The molecule has 0 bridgehead atoms. The van der Waals surface area contributed by atoms with Gasteiger partial charge in [-0.1, -0.05) is 6.58 Å². The Kier molecular flexibility index (Phi) is 1.62. The monoisotopic (exact) mass is 137 g/mol. The normalized spacial score (nSPS) is 18.2. The van der Waals surface area contributed by atoms with E-state index < -0.39 is 0 Å². The SMILES string of the molecule is C=C1C=C(C)C(=O)N1CC. The summed E-state index contributed by atoms with van der Waals surface area (Å²) >= 11 is 0. The molecule has 0 atom stereocenters. The maximum atomic E-state index is 11.1. The fraction of sp³-hybridized carbons (Fsp3) is 0.375. The Morgan fingerprint density at radius 2 is 2.30 bits per heavy atom. The van der Waals surface area contributed by atoms with E-state index in [0.717, 1.165) is 11.3 Å². The van der Waals surface area contributed by atoms with Gasteiger partial charge in [0.25, 0.3) is 5.91 Å². The molecule has 54 valence electrons. The summed E-state index contributed by atoms with van der Waals surface area (Å²) in [5.74, 6) is 0.0903. The molecule has 2 heteroatoms. The number of carbonyl (C=O) groups is 1. The molecule has 0 aromatic heterocycles. The molecule has 0 saturated heterocycles. The molecule has 1 heterocycles. The van der Waals surface area contributed by atoms with Crippen molar-refractivity contribution in [3.63, 3.8) is 0 Å². The summed E-state index contributed by atoms with van der Waals surface area (Å²) in [6.45, 7) is 8.20. The van der Waals surface area contributed by atoms with Crippen molar-refractivity contribution in [1.29, 1.82) is 0 Å². The molecule has 1 amide bonds. The van der Waals surface area contributed by atoms with Gasteiger partial charge in [0.2, 0.25) is 0 Å². The highest BCUT2D eigenvalue weighted by Crippen LogP contribution is 2.17. The molecule has 1 rings (SSSR count). The first-order valence-corrected chi connectivity index (χ1v) is 3.36. The van der Waals surface area contributed by atoms with Crippen molar-refractivity contribution in [2.45, 2.75) is 13.8 Å². The van der Waals surface area contributed by atoms with Crippen molar-refractivity contribution in [3.05, 3.63) is 23.9 Å². The summed E-state index contributed by atoms with van der Waals surface area (Å²) in [7, 11) is 0. The Labute approximate surface area is 60.8 Å². The van der Waals surface area contributed by atoms with Crippen LogP contribution in [0.5, 0.6) is 0 Å². The zero-order valence-electron chi connectivity index (χ0n) is 6.35. The van der Waals surface area contributed by atoms with Crippen molar-refractivity contribution < 1.29 is 4.79 Å². The highest BCUT2D eigenvalue weighted by Gasteiger charge is 2.21. The standard InChI is InChI=1S/C8H11NO/c1-4-9-7(3)5-6(2)8(9)10/h5H,3-4H2,1-2H3. The molecule has 1 aliphatic rings. The van der Waals surface area contributed by atoms with Crippen molar-refractivity contribution >= 4 is 5.91 Å². The summed E-state index contributed by atoms with van der Waals surface area (Å²) in [5, 5.41) is 0. The van der Waals surface area contributed by atoms with Gasteiger partial charge in [-0.3, -0.25) is 4.79 Å². The van der Waals surface area contributed by atoms with Gasteiger partial charge in [-0.2, -0.15) is 0 Å². The Morgan fingerprint density at radius 1 is 1.70 bits per heavy atom. The van der Waals surface area contributed by atoms with Gasteiger partial charge in [-0.05, 0) is 19.9 Å². The lowest BCUT2D eigenvalue weighted by Gasteiger charge is -2.13. The Hall–Kier alpha value is -1.05. The number of hydrogen-bond acceptors (Lipinski definition) is 1. The summed E-state index contributed by atoms with van der Waals surface area (Å²) in [6.07, 6.45) is 1.81. The zero-order valence-corrected chi connectivity index (χ0v) is 6.35. The number of allylic oxidation sites excluding steroid dienone is 1. The number of hydrogen-bond donors (Lipinski definition) is 0. The molecular weight excluding hydrogens is 126 g/mol. The van der Waals surface area contributed by atoms with E-state index in [4.69, 9.17) is 0 Å². The van der Waals surface area contributed by atoms with Crippen LogP contribution in [0, 0.1) is 0 Å². The fourth-order valence-electron chi connectivity index (χ4n) is 1.08. The summed E-state index contributed by atoms with van der Waals surface area (Å²) in [4.78, 5) is 12.8. The Balaban J connectivity index is 2.87. The molecule has 10 heavy (non-hydrogen) atoms. The second-order valence-electron chi connectivity index (χ2n) is 2.37. The quantitative estimate of drug-likeness (QED) is 0.533. The van der Waals surface area contributed by atoms with Crippen LogP contribution in [0.4, 0.5) is 0 Å². The molecule has 0 radical (unpaired) electrons. The topological polar surface area (TPSA) is 20.3 Å². The first-order chi connectivity index (χ1) is 4.66. The van der Waals surface area contributed by atoms with Crippen LogP contribution in [0.3, 0.4) is 0 Å². The molecule has 0 aromatic carbocycles. The number of likely N-dealkylation sites (N-methyl/N-ethyl adjacent to an activating group) is 1. The van der Waals surface area contributed by atoms with Crippen LogP contribution in [-0.2, 0) is 4.79 Å². The van der Waals surface area contributed by atoms with E-state index in [1.54, 1.807) is 4.90 Å². The lowest BCUT2D eigenvalue weighted by Crippen LogP contribution is -2.24. The third kappa shape index (κ3) is 0.856. The summed E-state index contributed by atoms with van der Waals surface area (Å²) in [5.41, 5.74) is 1.59. The fourth-order valence-corrected chi connectivity index (χ4v) is 1.08. The molecule has 0 saturated carbocycles. The largest absolute Gasteiger partial charge is 0.310 e. The lowest BCUT2D eigenvalue weighted by atomic mass is 10.3. The van der Waals surface area contributed by atoms with E-state index in [2.05, 4.69) is 6.58 Å². The van der Waals surface area contributed by atoms with Crippen LogP contribution in [0.25, 0.3) is 0 Å². The van der Waals surface area contributed by atoms with Crippen LogP contribution in [0.2, 0.25) is 0 Å². The third-order valence-corrected chi connectivity index (χ3v) is 1.63. The van der Waals surface area contributed by atoms with Crippen molar-refractivity contribution in [2.75, 3.05) is 6.54 Å². The van der Waals surface area contributed by atoms with E-state index in [1.807, 2.05) is 19.9 Å².